The van der Waals surface area contributed by atoms with E-state index < -0.39 is 11.2 Å². The summed E-state index contributed by atoms with van der Waals surface area (Å²) in [6.07, 6.45) is 55.1. The lowest BCUT2D eigenvalue weighted by atomic mass is 9.36. The Bertz CT molecular complexity index is 5370. The summed E-state index contributed by atoms with van der Waals surface area (Å²) in [5.74, 6) is 3.99. The van der Waals surface area contributed by atoms with Crippen molar-refractivity contribution in [2.45, 2.75) is 321 Å². The third kappa shape index (κ3) is 21.9. The predicted octanol–water partition coefficient (Wildman–Crippen LogP) is 31.8. The average Bonchev–Trinajstić information content (AvgIpc) is 1.53. The van der Waals surface area contributed by atoms with Crippen LogP contribution in [0.15, 0.2) is 170 Å². The van der Waals surface area contributed by atoms with Crippen molar-refractivity contribution in [3.63, 3.8) is 0 Å². The number of ether oxygens (including phenoxy) is 4. The second-order valence-electron chi connectivity index (χ2n) is 37.2. The van der Waals surface area contributed by atoms with Crippen molar-refractivity contribution < 1.29 is 26.9 Å². The number of thiophene rings is 6. The number of fused-ring (bicyclic) bond motifs is 11. The minimum atomic E-state index is -0.591. The first-order valence-electron chi connectivity index (χ1n) is 50.3. The molecule has 16 rings (SSSR count). The SMILES string of the molecule is [CH2-][n+]1snc2cccc(-c3sc(-c4cc5c(s4)-c4sc6c7c(sc6c4OC5(CCCCCCCCCCCC)CCCCCCCCCCCC)-c4sc(-c5sc(-c6cccc8ns[n+]([CH2-])c68)c(B(c6ccccc6)c6ccccc6)c5OC)cc4C(CCCCCCCCCCCC)(CCCCCCCCCCCC)O7)c(OC)c3B(c3ccccc3)c3ccccc3)c21. The summed E-state index contributed by atoms with van der Waals surface area (Å²) < 4.78 is 47.9. The maximum atomic E-state index is 8.57. The Labute approximate surface area is 811 Å². The van der Waals surface area contributed by atoms with E-state index in [-0.39, 0.29) is 13.4 Å². The van der Waals surface area contributed by atoms with Gasteiger partial charge in [0.15, 0.2) is 22.5 Å². The van der Waals surface area contributed by atoms with Gasteiger partial charge in [-0.2, -0.15) is 0 Å². The van der Waals surface area contributed by atoms with Gasteiger partial charge >= 0.3 is 0 Å². The van der Waals surface area contributed by atoms with Gasteiger partial charge in [-0.25, -0.2) is 0 Å². The summed E-state index contributed by atoms with van der Waals surface area (Å²) in [7, 11) is 13.0. The third-order valence-corrected chi connectivity index (χ3v) is 37.1. The summed E-state index contributed by atoms with van der Waals surface area (Å²) in [6.45, 7) is 9.03. The van der Waals surface area contributed by atoms with Gasteiger partial charge < -0.3 is 26.9 Å². The molecule has 8 aromatic heterocycles. The largest absolute Gasteiger partial charge is 0.496 e. The minimum Gasteiger partial charge on any atom is -0.496 e. The van der Waals surface area contributed by atoms with Gasteiger partial charge in [-0.15, -0.1) is 68.0 Å². The maximum absolute atomic E-state index is 8.57. The second kappa shape index (κ2) is 47.6. The first kappa shape index (κ1) is 95.6. The van der Waals surface area contributed by atoms with E-state index in [9.17, 15) is 0 Å². The van der Waals surface area contributed by atoms with Crippen LogP contribution in [0.5, 0.6) is 23.0 Å². The molecule has 0 N–H and O–H groups in total. The number of nitrogens with zero attached hydrogens (tertiary/aromatic N) is 4. The lowest BCUT2D eigenvalue weighted by Crippen LogP contribution is -2.52. The van der Waals surface area contributed by atoms with Gasteiger partial charge in [-0.05, 0) is 97.7 Å². The Morgan fingerprint density at radius 1 is 0.308 bits per heavy atom. The van der Waals surface area contributed by atoms with E-state index in [0.29, 0.717) is 0 Å². The van der Waals surface area contributed by atoms with Crippen molar-refractivity contribution in [2.75, 3.05) is 14.2 Å². The fourth-order valence-corrected chi connectivity index (χ4v) is 30.5. The highest BCUT2D eigenvalue weighted by Crippen LogP contribution is 2.68. The molecule has 18 heteroatoms. The fraction of sp³-hybridized carbons (Fsp3) is 0.464. The van der Waals surface area contributed by atoms with Gasteiger partial charge in [0.05, 0.1) is 63.9 Å². The molecular formula is C112H138B2N4O4S8. The molecule has 0 saturated heterocycles. The molecule has 0 radical (unpaired) electrons. The van der Waals surface area contributed by atoms with Gasteiger partial charge in [-0.1, -0.05) is 440 Å². The number of hydrogen-bond acceptors (Lipinski definition) is 14. The molecule has 0 atom stereocenters. The Kier molecular flexibility index (Phi) is 35.0. The van der Waals surface area contributed by atoms with Crippen LogP contribution < -0.4 is 59.6 Å². The van der Waals surface area contributed by atoms with Crippen molar-refractivity contribution in [2.24, 2.45) is 0 Å². The van der Waals surface area contributed by atoms with Crippen molar-refractivity contribution in [3.05, 3.63) is 195 Å². The first-order valence-corrected chi connectivity index (χ1v) is 56.6. The summed E-state index contributed by atoms with van der Waals surface area (Å²) in [4.78, 5) is 12.3. The number of para-hydroxylation sites is 2. The van der Waals surface area contributed by atoms with Gasteiger partial charge in [0.2, 0.25) is 36.9 Å². The zero-order valence-corrected chi connectivity index (χ0v) is 85.1. The quantitative estimate of drug-likeness (QED) is 0.0164. The Balaban J connectivity index is 0.886. The molecule has 0 spiro atoms. The lowest BCUT2D eigenvalue weighted by molar-refractivity contribution is -0.508. The van der Waals surface area contributed by atoms with Gasteiger partial charge in [0, 0.05) is 39.4 Å². The Morgan fingerprint density at radius 2 is 0.585 bits per heavy atom. The highest BCUT2D eigenvalue weighted by Gasteiger charge is 2.49. The van der Waals surface area contributed by atoms with Gasteiger partial charge in [0.1, 0.15) is 22.7 Å². The van der Waals surface area contributed by atoms with Gasteiger partial charge in [-0.3, -0.25) is 0 Å². The summed E-state index contributed by atoms with van der Waals surface area (Å²) >= 11 is 14.5. The number of hydrogen-bond donors (Lipinski definition) is 0. The zero-order chi connectivity index (χ0) is 89.4. The van der Waals surface area contributed by atoms with Crippen molar-refractivity contribution >= 4 is 169 Å². The molecule has 8 nitrogen and oxygen atoms in total. The highest BCUT2D eigenvalue weighted by atomic mass is 32.1. The van der Waals surface area contributed by atoms with E-state index in [1.165, 1.54) is 347 Å². The number of benzene rings is 6. The summed E-state index contributed by atoms with van der Waals surface area (Å²) in [5.41, 5.74) is 14.9. The Morgan fingerprint density at radius 3 is 0.862 bits per heavy atom. The molecule has 14 aromatic rings. The van der Waals surface area contributed by atoms with Crippen LogP contribution in [-0.2, 0) is 11.2 Å². The molecule has 0 unspecified atom stereocenters. The zero-order valence-electron chi connectivity index (χ0n) is 78.5. The molecule has 0 bridgehead atoms. The van der Waals surface area contributed by atoms with E-state index in [4.69, 9.17) is 27.7 Å². The molecule has 0 saturated carbocycles. The number of rotatable bonds is 56. The molecule has 2 aliphatic rings. The molecular weight excluding hydrogens is 1740 g/mol. The molecule has 10 heterocycles. The number of unbranched alkanes of at least 4 members (excludes halogenated alkanes) is 36. The van der Waals surface area contributed by atoms with E-state index in [0.717, 1.165) is 117 Å². The monoisotopic (exact) mass is 1880 g/mol. The molecule has 0 amide bonds. The smallest absolute Gasteiger partial charge is 0.247 e. The number of methoxy groups -OCH3 is 2. The van der Waals surface area contributed by atoms with E-state index in [1.54, 1.807) is 0 Å². The van der Waals surface area contributed by atoms with Crippen LogP contribution in [0.2, 0.25) is 0 Å². The molecule has 0 aliphatic carbocycles. The van der Waals surface area contributed by atoms with Crippen LogP contribution in [0.1, 0.15) is 321 Å². The van der Waals surface area contributed by atoms with Gasteiger partial charge in [0.25, 0.3) is 0 Å². The molecule has 130 heavy (non-hydrogen) atoms. The van der Waals surface area contributed by atoms with E-state index in [1.807, 2.05) is 90.2 Å². The maximum Gasteiger partial charge on any atom is 0.247 e. The first-order chi connectivity index (χ1) is 64.1. The lowest BCUT2D eigenvalue weighted by Gasteiger charge is -2.39. The highest BCUT2D eigenvalue weighted by molar-refractivity contribution is 7.36. The van der Waals surface area contributed by atoms with Crippen molar-refractivity contribution in [1.29, 1.82) is 0 Å². The molecule has 0 fully saturated rings. The van der Waals surface area contributed by atoms with E-state index in [2.05, 4.69) is 212 Å². The van der Waals surface area contributed by atoms with Crippen LogP contribution in [0.4, 0.5) is 0 Å². The standard InChI is InChI=1S/C112H138B2N4O4S8/c1-9-13-17-21-25-29-33-37-41-57-75-111(76-58-42-38-34-30-26-22-18-14-10-2)87-79-91(105-97(119-7)93(101(125-105)85-71-61-73-89-95(85)117(5)129-115-89)113(81-63-49-45-50-64-81)82-65-51-46-52-66-82)123-103(87)107-99(121-111)109-110(127-107)100-108(128-109)104-88(112(122-100,77-59-43-39-35-31-27-23-19-15-11-3)78-60-44-40-36-32-28-24-20-16-12-4)80-92(124-104)106-98(120-8)94(102(126-106)86-72-62-74-90-96(86)118(6)130-116-90)114(83-67-53-47-54-68-83)84-69-55-48-56-70-84/h45-56,61-74,79-80H,5-6,9-44,57-60,75-78H2,1-4,7-8H3. The molecule has 684 valence electrons. The van der Waals surface area contributed by atoms with Crippen LogP contribution >= 0.6 is 91.5 Å². The second-order valence-corrected chi connectivity index (χ2v) is 44.9. The molecule has 6 aromatic carbocycles. The van der Waals surface area contributed by atoms with Crippen LogP contribution in [0.3, 0.4) is 0 Å². The predicted molar refractivity (Wildman–Crippen MR) is 571 cm³/mol. The van der Waals surface area contributed by atoms with Crippen molar-refractivity contribution in [1.82, 2.24) is 8.75 Å². The fourth-order valence-electron chi connectivity index (χ4n) is 21.0. The summed E-state index contributed by atoms with van der Waals surface area (Å²) in [5, 5.41) is 0. The van der Waals surface area contributed by atoms with Crippen molar-refractivity contribution in [3.8, 4) is 82.9 Å². The minimum absolute atomic E-state index is 0.147. The topological polar surface area (TPSA) is 70.5 Å². The average molecular weight is 1880 g/mol. The van der Waals surface area contributed by atoms with E-state index >= 15 is 0 Å². The van der Waals surface area contributed by atoms with Crippen LogP contribution in [0.25, 0.3) is 91.4 Å². The molecule has 2 aliphatic heterocycles. The third-order valence-electron chi connectivity index (χ3n) is 27.9. The Hall–Kier alpha value is -7.51. The summed E-state index contributed by atoms with van der Waals surface area (Å²) in [6, 6.07) is 63.0. The van der Waals surface area contributed by atoms with Crippen LogP contribution in [0, 0.1) is 14.1 Å². The van der Waals surface area contributed by atoms with Crippen LogP contribution in [-0.4, -0.2) is 36.4 Å². The normalized spacial score (nSPS) is 13.1. The number of aromatic nitrogens is 4.